The van der Waals surface area contributed by atoms with Crippen molar-refractivity contribution in [2.24, 2.45) is 0 Å². The van der Waals surface area contributed by atoms with Gasteiger partial charge < -0.3 is 15.4 Å². The molecule has 2 N–H and O–H groups in total. The molecule has 3 aromatic rings. The number of para-hydroxylation sites is 1. The van der Waals surface area contributed by atoms with E-state index in [0.29, 0.717) is 16.1 Å². The molecule has 7 heteroatoms. The second-order valence-electron chi connectivity index (χ2n) is 6.21. The van der Waals surface area contributed by atoms with Crippen molar-refractivity contribution in [1.29, 1.82) is 0 Å². The molecule has 0 spiro atoms. The average molecular weight is 417 g/mol. The van der Waals surface area contributed by atoms with Crippen molar-refractivity contribution in [1.82, 2.24) is 15.3 Å². The fraction of sp³-hybridized carbons (Fsp3) is 0.263. The molecule has 134 valence electrons. The lowest BCUT2D eigenvalue weighted by molar-refractivity contribution is 0.164. The number of rotatable bonds is 4. The van der Waals surface area contributed by atoms with Crippen molar-refractivity contribution in [2.75, 3.05) is 18.4 Å². The first-order valence-electron chi connectivity index (χ1n) is 8.54. The van der Waals surface area contributed by atoms with E-state index in [4.69, 9.17) is 4.74 Å². The van der Waals surface area contributed by atoms with Crippen LogP contribution in [0.3, 0.4) is 0 Å². The summed E-state index contributed by atoms with van der Waals surface area (Å²) >= 11 is 3.19. The van der Waals surface area contributed by atoms with Gasteiger partial charge in [0, 0.05) is 17.3 Å². The van der Waals surface area contributed by atoms with Crippen molar-refractivity contribution in [3.63, 3.8) is 0 Å². The first-order chi connectivity index (χ1) is 12.7. The molecular formula is C19H18BrFN4O. The van der Waals surface area contributed by atoms with Gasteiger partial charge in [0.2, 0.25) is 5.95 Å². The Morgan fingerprint density at radius 2 is 2.04 bits per heavy atom. The normalized spacial score (nSPS) is 15.2. The molecule has 0 bridgehead atoms. The maximum atomic E-state index is 13.4. The van der Waals surface area contributed by atoms with Gasteiger partial charge in [-0.15, -0.1) is 0 Å². The SMILES string of the molecule is Fc1ccc(Nc2ncc3cccc(OC4CCNCC4)c3n2)cc1Br. The molecule has 5 nitrogen and oxygen atoms in total. The molecule has 0 aliphatic carbocycles. The first kappa shape index (κ1) is 17.2. The van der Waals surface area contributed by atoms with E-state index in [1.807, 2.05) is 18.2 Å². The average Bonchev–Trinajstić information content (AvgIpc) is 2.66. The van der Waals surface area contributed by atoms with Crippen LogP contribution in [0.5, 0.6) is 5.75 Å². The number of ether oxygens (including phenoxy) is 1. The van der Waals surface area contributed by atoms with E-state index in [0.717, 1.165) is 42.6 Å². The number of fused-ring (bicyclic) bond motifs is 1. The van der Waals surface area contributed by atoms with Crippen molar-refractivity contribution in [3.05, 3.63) is 52.9 Å². The third-order valence-corrected chi connectivity index (χ3v) is 4.94. The molecular weight excluding hydrogens is 399 g/mol. The lowest BCUT2D eigenvalue weighted by Crippen LogP contribution is -2.34. The number of aromatic nitrogens is 2. The van der Waals surface area contributed by atoms with Crippen LogP contribution >= 0.6 is 15.9 Å². The van der Waals surface area contributed by atoms with E-state index in [1.54, 1.807) is 18.3 Å². The Morgan fingerprint density at radius 1 is 1.19 bits per heavy atom. The molecule has 1 fully saturated rings. The summed E-state index contributed by atoms with van der Waals surface area (Å²) in [5.74, 6) is 0.894. The maximum Gasteiger partial charge on any atom is 0.227 e. The number of hydrogen-bond acceptors (Lipinski definition) is 5. The lowest BCUT2D eigenvalue weighted by Gasteiger charge is -2.24. The molecule has 0 atom stereocenters. The largest absolute Gasteiger partial charge is 0.488 e. The van der Waals surface area contributed by atoms with E-state index < -0.39 is 0 Å². The number of benzene rings is 2. The molecule has 0 radical (unpaired) electrons. The molecule has 0 saturated carbocycles. The third kappa shape index (κ3) is 3.78. The quantitative estimate of drug-likeness (QED) is 0.659. The van der Waals surface area contributed by atoms with Crippen molar-refractivity contribution in [2.45, 2.75) is 18.9 Å². The third-order valence-electron chi connectivity index (χ3n) is 4.33. The highest BCUT2D eigenvalue weighted by molar-refractivity contribution is 9.10. The molecule has 1 aromatic heterocycles. The number of halogens is 2. The molecule has 1 aliphatic rings. The number of anilines is 2. The summed E-state index contributed by atoms with van der Waals surface area (Å²) in [5, 5.41) is 7.37. The van der Waals surface area contributed by atoms with E-state index in [-0.39, 0.29) is 11.9 Å². The highest BCUT2D eigenvalue weighted by Gasteiger charge is 2.16. The molecule has 2 heterocycles. The van der Waals surface area contributed by atoms with Gasteiger partial charge in [0.1, 0.15) is 23.2 Å². The minimum Gasteiger partial charge on any atom is -0.488 e. The van der Waals surface area contributed by atoms with Gasteiger partial charge in [0.25, 0.3) is 0 Å². The maximum absolute atomic E-state index is 13.4. The Hall–Kier alpha value is -2.25. The smallest absolute Gasteiger partial charge is 0.227 e. The Balaban J connectivity index is 1.62. The van der Waals surface area contributed by atoms with E-state index >= 15 is 0 Å². The summed E-state index contributed by atoms with van der Waals surface area (Å²) < 4.78 is 20.0. The topological polar surface area (TPSA) is 59.1 Å². The molecule has 26 heavy (non-hydrogen) atoms. The first-order valence-corrected chi connectivity index (χ1v) is 9.33. The summed E-state index contributed by atoms with van der Waals surface area (Å²) in [6, 6.07) is 10.5. The van der Waals surface area contributed by atoms with Crippen LogP contribution in [0.1, 0.15) is 12.8 Å². The van der Waals surface area contributed by atoms with E-state index in [2.05, 4.69) is 36.5 Å². The zero-order valence-corrected chi connectivity index (χ0v) is 15.6. The lowest BCUT2D eigenvalue weighted by atomic mass is 10.1. The van der Waals surface area contributed by atoms with E-state index in [1.165, 1.54) is 6.07 Å². The second-order valence-corrected chi connectivity index (χ2v) is 7.06. The summed E-state index contributed by atoms with van der Waals surface area (Å²) in [6.07, 6.45) is 3.92. The molecule has 4 rings (SSSR count). The molecule has 0 amide bonds. The Kier molecular flexibility index (Phi) is 4.99. The molecule has 2 aromatic carbocycles. The Morgan fingerprint density at radius 3 is 2.85 bits per heavy atom. The van der Waals surface area contributed by atoms with Gasteiger partial charge in [-0.05, 0) is 66.1 Å². The van der Waals surface area contributed by atoms with Crippen LogP contribution in [0.15, 0.2) is 47.1 Å². The van der Waals surface area contributed by atoms with Gasteiger partial charge in [-0.25, -0.2) is 14.4 Å². The van der Waals surface area contributed by atoms with Crippen LogP contribution in [0.4, 0.5) is 16.0 Å². The van der Waals surface area contributed by atoms with Crippen LogP contribution in [-0.4, -0.2) is 29.2 Å². The zero-order valence-electron chi connectivity index (χ0n) is 14.0. The van der Waals surface area contributed by atoms with Crippen molar-refractivity contribution < 1.29 is 9.13 Å². The molecule has 1 aliphatic heterocycles. The van der Waals surface area contributed by atoms with Crippen LogP contribution in [0, 0.1) is 5.82 Å². The van der Waals surface area contributed by atoms with Gasteiger partial charge >= 0.3 is 0 Å². The summed E-state index contributed by atoms with van der Waals surface area (Å²) in [6.45, 7) is 1.94. The minimum absolute atomic E-state index is 0.196. The predicted octanol–water partition coefficient (Wildman–Crippen LogP) is 4.41. The van der Waals surface area contributed by atoms with Crippen molar-refractivity contribution in [3.8, 4) is 5.75 Å². The molecule has 0 unspecified atom stereocenters. The fourth-order valence-electron chi connectivity index (χ4n) is 2.98. The zero-order chi connectivity index (χ0) is 17.9. The number of nitrogens with zero attached hydrogens (tertiary/aromatic N) is 2. The van der Waals surface area contributed by atoms with Crippen LogP contribution in [0.25, 0.3) is 10.9 Å². The highest BCUT2D eigenvalue weighted by Crippen LogP contribution is 2.28. The summed E-state index contributed by atoms with van der Waals surface area (Å²) in [7, 11) is 0. The monoisotopic (exact) mass is 416 g/mol. The Bertz CT molecular complexity index is 931. The van der Waals surface area contributed by atoms with E-state index in [9.17, 15) is 4.39 Å². The summed E-state index contributed by atoms with van der Waals surface area (Å²) in [5.41, 5.74) is 1.47. The minimum atomic E-state index is -0.312. The van der Waals surface area contributed by atoms with Crippen LogP contribution in [-0.2, 0) is 0 Å². The van der Waals surface area contributed by atoms with Gasteiger partial charge in [-0.3, -0.25) is 0 Å². The van der Waals surface area contributed by atoms with Gasteiger partial charge in [-0.2, -0.15) is 0 Å². The van der Waals surface area contributed by atoms with Crippen LogP contribution < -0.4 is 15.4 Å². The van der Waals surface area contributed by atoms with Gasteiger partial charge in [0.15, 0.2) is 0 Å². The Labute approximate surface area is 159 Å². The van der Waals surface area contributed by atoms with Crippen molar-refractivity contribution >= 4 is 38.5 Å². The standard InChI is InChI=1S/C19H18BrFN4O/c20-15-10-13(4-5-16(15)21)24-19-23-11-12-2-1-3-17(18(12)25-19)26-14-6-8-22-9-7-14/h1-5,10-11,14,22H,6-9H2,(H,23,24,25). The summed E-state index contributed by atoms with van der Waals surface area (Å²) in [4.78, 5) is 8.96. The second kappa shape index (κ2) is 7.55. The van der Waals surface area contributed by atoms with Gasteiger partial charge in [-0.1, -0.05) is 12.1 Å². The number of nitrogens with one attached hydrogen (secondary N) is 2. The van der Waals surface area contributed by atoms with Gasteiger partial charge in [0.05, 0.1) is 4.47 Å². The number of piperidine rings is 1. The fourth-order valence-corrected chi connectivity index (χ4v) is 3.36. The molecule has 1 saturated heterocycles. The number of hydrogen-bond donors (Lipinski definition) is 2. The predicted molar refractivity (Wildman–Crippen MR) is 103 cm³/mol. The van der Waals surface area contributed by atoms with Crippen LogP contribution in [0.2, 0.25) is 0 Å². The highest BCUT2D eigenvalue weighted by atomic mass is 79.9.